The third kappa shape index (κ3) is 3.38. The topological polar surface area (TPSA) is 86.9 Å². The molecule has 0 radical (unpaired) electrons. The van der Waals surface area contributed by atoms with Crippen molar-refractivity contribution >= 4 is 55.1 Å². The zero-order valence-electron chi connectivity index (χ0n) is 16.0. The largest absolute Gasteiger partial charge is 0.358 e. The molecule has 0 bridgehead atoms. The van der Waals surface area contributed by atoms with E-state index in [0.717, 1.165) is 34.0 Å². The van der Waals surface area contributed by atoms with Gasteiger partial charge in [-0.2, -0.15) is 0 Å². The van der Waals surface area contributed by atoms with Crippen molar-refractivity contribution in [3.05, 3.63) is 53.2 Å². The Hall–Kier alpha value is -3.19. The normalized spacial score (nSPS) is 13.4. The zero-order chi connectivity index (χ0) is 20.0. The standard InChI is InChI=1S/C22H20N4O2S/c1-12(27)23-14-7-9-19-20(11-14)29-22(25-19)26-21(28)13-6-8-18-16(10-13)15-4-2-3-5-17(15)24-18/h6-11,24H,2-5H2,1H3,(H,23,27)(H,25,26,28). The predicted octanol–water partition coefficient (Wildman–Crippen LogP) is 4.87. The number of carbonyl (C=O) groups is 2. The predicted molar refractivity (Wildman–Crippen MR) is 117 cm³/mol. The van der Waals surface area contributed by atoms with E-state index in [1.807, 2.05) is 30.3 Å². The van der Waals surface area contributed by atoms with Gasteiger partial charge in [0, 0.05) is 34.8 Å². The first-order chi connectivity index (χ1) is 14.1. The second-order valence-electron chi connectivity index (χ2n) is 7.39. The number of nitrogens with zero attached hydrogens (tertiary/aromatic N) is 1. The van der Waals surface area contributed by atoms with Gasteiger partial charge in [0.25, 0.3) is 5.91 Å². The fourth-order valence-corrected chi connectivity index (χ4v) is 4.88. The highest BCUT2D eigenvalue weighted by Gasteiger charge is 2.17. The zero-order valence-corrected chi connectivity index (χ0v) is 16.8. The molecule has 1 aliphatic rings. The van der Waals surface area contributed by atoms with E-state index in [4.69, 9.17) is 0 Å². The van der Waals surface area contributed by atoms with Crippen molar-refractivity contribution in [2.75, 3.05) is 10.6 Å². The fourth-order valence-electron chi connectivity index (χ4n) is 3.98. The summed E-state index contributed by atoms with van der Waals surface area (Å²) in [5, 5.41) is 7.37. The Morgan fingerprint density at radius 3 is 2.79 bits per heavy atom. The van der Waals surface area contributed by atoms with Crippen LogP contribution in [0.3, 0.4) is 0 Å². The molecule has 2 aromatic carbocycles. The number of nitrogens with one attached hydrogen (secondary N) is 3. The number of aromatic amines is 1. The summed E-state index contributed by atoms with van der Waals surface area (Å²) >= 11 is 1.39. The van der Waals surface area contributed by atoms with Gasteiger partial charge in [0.2, 0.25) is 5.91 Å². The Kier molecular flexibility index (Phi) is 4.32. The molecule has 0 aliphatic heterocycles. The molecule has 0 atom stereocenters. The molecule has 2 heterocycles. The van der Waals surface area contributed by atoms with Crippen LogP contribution in [0.4, 0.5) is 10.8 Å². The van der Waals surface area contributed by atoms with Gasteiger partial charge in [-0.15, -0.1) is 0 Å². The number of amides is 2. The number of aromatic nitrogens is 2. The molecule has 1 aliphatic carbocycles. The highest BCUT2D eigenvalue weighted by Crippen LogP contribution is 2.31. The van der Waals surface area contributed by atoms with Crippen LogP contribution in [0.25, 0.3) is 21.1 Å². The maximum absolute atomic E-state index is 12.8. The summed E-state index contributed by atoms with van der Waals surface area (Å²) in [5.74, 6) is -0.288. The minimum atomic E-state index is -0.168. The second-order valence-corrected chi connectivity index (χ2v) is 8.42. The maximum atomic E-state index is 12.8. The van der Waals surface area contributed by atoms with Gasteiger partial charge in [0.05, 0.1) is 10.2 Å². The molecule has 6 nitrogen and oxygen atoms in total. The number of benzene rings is 2. The van der Waals surface area contributed by atoms with Gasteiger partial charge < -0.3 is 10.3 Å². The van der Waals surface area contributed by atoms with E-state index in [1.165, 1.54) is 42.4 Å². The van der Waals surface area contributed by atoms with Crippen LogP contribution in [-0.4, -0.2) is 21.8 Å². The summed E-state index contributed by atoms with van der Waals surface area (Å²) in [7, 11) is 0. The van der Waals surface area contributed by atoms with E-state index >= 15 is 0 Å². The van der Waals surface area contributed by atoms with E-state index in [9.17, 15) is 9.59 Å². The molecular formula is C22H20N4O2S. The quantitative estimate of drug-likeness (QED) is 0.455. The Morgan fingerprint density at radius 2 is 1.93 bits per heavy atom. The van der Waals surface area contributed by atoms with Gasteiger partial charge in [-0.25, -0.2) is 4.98 Å². The van der Waals surface area contributed by atoms with Crippen LogP contribution in [-0.2, 0) is 17.6 Å². The highest BCUT2D eigenvalue weighted by atomic mass is 32.1. The lowest BCUT2D eigenvalue weighted by molar-refractivity contribution is -0.114. The molecule has 2 aromatic heterocycles. The van der Waals surface area contributed by atoms with Crippen LogP contribution in [0.15, 0.2) is 36.4 Å². The van der Waals surface area contributed by atoms with Crippen molar-refractivity contribution in [2.45, 2.75) is 32.6 Å². The van der Waals surface area contributed by atoms with Crippen LogP contribution in [0.1, 0.15) is 41.4 Å². The average Bonchev–Trinajstić information content (AvgIpc) is 3.27. The Morgan fingerprint density at radius 1 is 1.07 bits per heavy atom. The van der Waals surface area contributed by atoms with Gasteiger partial charge in [-0.3, -0.25) is 14.9 Å². The summed E-state index contributed by atoms with van der Waals surface area (Å²) in [6.07, 6.45) is 4.56. The van der Waals surface area contributed by atoms with Gasteiger partial charge in [-0.05, 0) is 67.6 Å². The van der Waals surface area contributed by atoms with Gasteiger partial charge in [-0.1, -0.05) is 11.3 Å². The SMILES string of the molecule is CC(=O)Nc1ccc2nc(NC(=O)c3ccc4[nH]c5c(c4c3)CCCC5)sc2c1. The van der Waals surface area contributed by atoms with E-state index in [2.05, 4.69) is 20.6 Å². The molecule has 146 valence electrons. The third-order valence-electron chi connectivity index (χ3n) is 5.29. The van der Waals surface area contributed by atoms with Crippen molar-refractivity contribution in [2.24, 2.45) is 0 Å². The number of H-pyrrole nitrogens is 1. The molecule has 2 amide bonds. The lowest BCUT2D eigenvalue weighted by Crippen LogP contribution is -2.11. The van der Waals surface area contributed by atoms with Crippen molar-refractivity contribution in [1.82, 2.24) is 9.97 Å². The highest BCUT2D eigenvalue weighted by molar-refractivity contribution is 7.22. The monoisotopic (exact) mass is 404 g/mol. The van der Waals surface area contributed by atoms with E-state index in [-0.39, 0.29) is 11.8 Å². The lowest BCUT2D eigenvalue weighted by atomic mass is 9.95. The summed E-state index contributed by atoms with van der Waals surface area (Å²) < 4.78 is 0.904. The van der Waals surface area contributed by atoms with Crippen LogP contribution in [0, 0.1) is 0 Å². The van der Waals surface area contributed by atoms with Crippen LogP contribution in [0.5, 0.6) is 0 Å². The van der Waals surface area contributed by atoms with Crippen molar-refractivity contribution in [3.63, 3.8) is 0 Å². The number of anilines is 2. The van der Waals surface area contributed by atoms with Gasteiger partial charge in [0.15, 0.2) is 5.13 Å². The molecule has 0 fully saturated rings. The molecule has 0 spiro atoms. The summed E-state index contributed by atoms with van der Waals surface area (Å²) in [6.45, 7) is 1.47. The van der Waals surface area contributed by atoms with Crippen LogP contribution < -0.4 is 10.6 Å². The van der Waals surface area contributed by atoms with E-state index < -0.39 is 0 Å². The van der Waals surface area contributed by atoms with Crippen LogP contribution in [0.2, 0.25) is 0 Å². The van der Waals surface area contributed by atoms with Gasteiger partial charge in [0.1, 0.15) is 0 Å². The van der Waals surface area contributed by atoms with Crippen LogP contribution >= 0.6 is 11.3 Å². The summed E-state index contributed by atoms with van der Waals surface area (Å²) in [4.78, 5) is 32.0. The maximum Gasteiger partial charge on any atom is 0.257 e. The molecule has 0 saturated heterocycles. The molecular weight excluding hydrogens is 384 g/mol. The number of thiazole rings is 1. The Balaban J connectivity index is 1.41. The fraction of sp³-hybridized carbons (Fsp3) is 0.227. The minimum absolute atomic E-state index is 0.121. The van der Waals surface area contributed by atoms with Gasteiger partial charge >= 0.3 is 0 Å². The Bertz CT molecular complexity index is 1270. The molecule has 29 heavy (non-hydrogen) atoms. The molecule has 0 saturated carbocycles. The number of fused-ring (bicyclic) bond motifs is 4. The number of hydrogen-bond acceptors (Lipinski definition) is 4. The van der Waals surface area contributed by atoms with E-state index in [1.54, 1.807) is 6.07 Å². The lowest BCUT2D eigenvalue weighted by Gasteiger charge is -2.10. The minimum Gasteiger partial charge on any atom is -0.358 e. The molecule has 4 aromatic rings. The molecule has 3 N–H and O–H groups in total. The first-order valence-electron chi connectivity index (χ1n) is 9.70. The smallest absolute Gasteiger partial charge is 0.257 e. The van der Waals surface area contributed by atoms with Crippen molar-refractivity contribution in [1.29, 1.82) is 0 Å². The molecule has 5 rings (SSSR count). The first kappa shape index (κ1) is 17.9. The van der Waals surface area contributed by atoms with Crippen molar-refractivity contribution in [3.8, 4) is 0 Å². The number of rotatable bonds is 3. The number of aryl methyl sites for hydroxylation is 2. The number of carbonyl (C=O) groups excluding carboxylic acids is 2. The van der Waals surface area contributed by atoms with Crippen molar-refractivity contribution < 1.29 is 9.59 Å². The second kappa shape index (κ2) is 7.00. The molecule has 0 unspecified atom stereocenters. The van der Waals surface area contributed by atoms with E-state index in [0.29, 0.717) is 16.4 Å². The summed E-state index contributed by atoms with van der Waals surface area (Å²) in [5.41, 5.74) is 5.89. The third-order valence-corrected chi connectivity index (χ3v) is 6.22. The first-order valence-corrected chi connectivity index (χ1v) is 10.5. The summed E-state index contributed by atoms with van der Waals surface area (Å²) in [6, 6.07) is 11.3. The molecule has 7 heteroatoms. The Labute approximate surface area is 171 Å². The average molecular weight is 404 g/mol. The number of hydrogen-bond donors (Lipinski definition) is 3.